The lowest BCUT2D eigenvalue weighted by atomic mass is 9.96. The van der Waals surface area contributed by atoms with E-state index in [1.54, 1.807) is 25.4 Å². The molecule has 0 saturated heterocycles. The molecule has 4 rings (SSSR count). The van der Waals surface area contributed by atoms with Crippen LogP contribution in [0.25, 0.3) is 10.9 Å². The van der Waals surface area contributed by atoms with E-state index in [-0.39, 0.29) is 16.7 Å². The number of nitrogens with one attached hydrogen (secondary N) is 2. The summed E-state index contributed by atoms with van der Waals surface area (Å²) in [5, 5.41) is 34.8. The molecule has 0 aliphatic carbocycles. The Morgan fingerprint density at radius 1 is 1.14 bits per heavy atom. The molecule has 1 atom stereocenters. The largest absolute Gasteiger partial charge is 0.383 e. The molecule has 2 N–H and O–H groups in total. The minimum absolute atomic E-state index is 0.0683. The van der Waals surface area contributed by atoms with Gasteiger partial charge in [0.1, 0.15) is 23.6 Å². The van der Waals surface area contributed by atoms with Gasteiger partial charge in [-0.05, 0) is 35.2 Å². The van der Waals surface area contributed by atoms with Crippen molar-refractivity contribution >= 4 is 22.3 Å². The standard InChI is InChI=1S/C26H25FN8/c1-26(2,3)15-31-24-18(12-29)13-30-23-17(11-28)9-20(10-21(23)24)32-25(22-14-35(4)34-33-22)16-5-7-19(27)8-6-16/h5-10,13-14,25,32H,15H2,1-4H3,(H,30,31)/i25D. The molecule has 176 valence electrons. The second-order valence-corrected chi connectivity index (χ2v) is 9.39. The number of halogens is 1. The Bertz CT molecular complexity index is 1510. The summed E-state index contributed by atoms with van der Waals surface area (Å²) in [6, 6.07) is 11.6. The van der Waals surface area contributed by atoms with Gasteiger partial charge in [-0.3, -0.25) is 9.67 Å². The van der Waals surface area contributed by atoms with Crippen LogP contribution in [0.5, 0.6) is 0 Å². The Morgan fingerprint density at radius 2 is 1.86 bits per heavy atom. The van der Waals surface area contributed by atoms with Crippen LogP contribution in [0.4, 0.5) is 15.8 Å². The topological polar surface area (TPSA) is 115 Å². The zero-order valence-corrected chi connectivity index (χ0v) is 19.9. The first-order valence-electron chi connectivity index (χ1n) is 11.5. The molecule has 0 spiro atoms. The number of hydrogen-bond donors (Lipinski definition) is 2. The van der Waals surface area contributed by atoms with Gasteiger partial charge in [-0.25, -0.2) is 4.39 Å². The van der Waals surface area contributed by atoms with Gasteiger partial charge in [0.25, 0.3) is 0 Å². The third kappa shape index (κ3) is 5.20. The fourth-order valence-electron chi connectivity index (χ4n) is 3.60. The Kier molecular flexibility index (Phi) is 5.99. The molecule has 0 radical (unpaired) electrons. The minimum atomic E-state index is -1.65. The summed E-state index contributed by atoms with van der Waals surface area (Å²) >= 11 is 0. The third-order valence-corrected chi connectivity index (χ3v) is 5.27. The molecular weight excluding hydrogens is 443 g/mol. The van der Waals surface area contributed by atoms with E-state index in [0.29, 0.717) is 39.9 Å². The summed E-state index contributed by atoms with van der Waals surface area (Å²) < 4.78 is 24.5. The number of nitriles is 2. The highest BCUT2D eigenvalue weighted by Gasteiger charge is 2.21. The summed E-state index contributed by atoms with van der Waals surface area (Å²) in [5.74, 6) is -0.428. The molecular formula is C26H25FN8. The number of rotatable bonds is 6. The molecule has 0 amide bonds. The van der Waals surface area contributed by atoms with Crippen LogP contribution in [0.15, 0.2) is 48.8 Å². The van der Waals surface area contributed by atoms with E-state index in [2.05, 4.69) is 58.8 Å². The van der Waals surface area contributed by atoms with Crippen molar-refractivity contribution in [2.24, 2.45) is 12.5 Å². The highest BCUT2D eigenvalue weighted by molar-refractivity contribution is 5.99. The van der Waals surface area contributed by atoms with Crippen LogP contribution in [-0.2, 0) is 7.05 Å². The van der Waals surface area contributed by atoms with Gasteiger partial charge in [0.15, 0.2) is 0 Å². The molecule has 0 fully saturated rings. The third-order valence-electron chi connectivity index (χ3n) is 5.27. The van der Waals surface area contributed by atoms with E-state index in [1.165, 1.54) is 35.1 Å². The smallest absolute Gasteiger partial charge is 0.123 e. The van der Waals surface area contributed by atoms with E-state index in [1.807, 2.05) is 0 Å². The van der Waals surface area contributed by atoms with Gasteiger partial charge in [-0.2, -0.15) is 10.5 Å². The Hall–Kier alpha value is -4.50. The molecule has 0 saturated carbocycles. The van der Waals surface area contributed by atoms with Gasteiger partial charge < -0.3 is 10.6 Å². The van der Waals surface area contributed by atoms with Crippen LogP contribution >= 0.6 is 0 Å². The van der Waals surface area contributed by atoms with Crippen LogP contribution < -0.4 is 10.6 Å². The fourth-order valence-corrected chi connectivity index (χ4v) is 3.60. The predicted octanol–water partition coefficient (Wildman–Crippen LogP) is 4.91. The number of hydrogen-bond acceptors (Lipinski definition) is 7. The van der Waals surface area contributed by atoms with E-state index in [9.17, 15) is 16.3 Å². The van der Waals surface area contributed by atoms with Gasteiger partial charge in [-0.1, -0.05) is 38.1 Å². The van der Waals surface area contributed by atoms with Gasteiger partial charge in [0.2, 0.25) is 0 Å². The highest BCUT2D eigenvalue weighted by Crippen LogP contribution is 2.34. The molecule has 1 unspecified atom stereocenters. The molecule has 2 aromatic heterocycles. The van der Waals surface area contributed by atoms with E-state index in [4.69, 9.17) is 0 Å². The number of aromatic nitrogens is 4. The van der Waals surface area contributed by atoms with Crippen LogP contribution in [0.1, 0.15) is 50.5 Å². The molecule has 2 heterocycles. The Morgan fingerprint density at radius 3 is 2.46 bits per heavy atom. The summed E-state index contributed by atoms with van der Waals surface area (Å²) in [7, 11) is 1.69. The van der Waals surface area contributed by atoms with E-state index < -0.39 is 11.8 Å². The normalized spacial score (nSPS) is 13.4. The maximum Gasteiger partial charge on any atom is 0.123 e. The van der Waals surface area contributed by atoms with Crippen molar-refractivity contribution in [1.82, 2.24) is 20.0 Å². The lowest BCUT2D eigenvalue weighted by molar-refractivity contribution is 0.443. The molecule has 0 aliphatic rings. The first-order chi connectivity index (χ1) is 17.0. The first kappa shape index (κ1) is 22.3. The van der Waals surface area contributed by atoms with Crippen molar-refractivity contribution in [1.29, 1.82) is 10.5 Å². The summed E-state index contributed by atoms with van der Waals surface area (Å²) in [5.41, 5.74) is 2.70. The summed E-state index contributed by atoms with van der Waals surface area (Å²) in [6.45, 7) is 6.79. The summed E-state index contributed by atoms with van der Waals surface area (Å²) in [4.78, 5) is 4.37. The molecule has 35 heavy (non-hydrogen) atoms. The van der Waals surface area contributed by atoms with Crippen molar-refractivity contribution in [3.8, 4) is 12.1 Å². The SMILES string of the molecule is [2H]C(Nc1cc(C#N)c2ncc(C#N)c(NCC(C)(C)C)c2c1)(c1ccc(F)cc1)c1cn(C)nn1. The molecule has 9 heteroatoms. The number of anilines is 2. The number of benzene rings is 2. The first-order valence-corrected chi connectivity index (χ1v) is 11.0. The quantitative estimate of drug-likeness (QED) is 0.412. The zero-order valence-electron chi connectivity index (χ0n) is 20.9. The Balaban J connectivity index is 1.90. The van der Waals surface area contributed by atoms with Crippen molar-refractivity contribution in [2.45, 2.75) is 26.8 Å². The van der Waals surface area contributed by atoms with Crippen molar-refractivity contribution in [2.75, 3.05) is 17.2 Å². The van der Waals surface area contributed by atoms with Crippen LogP contribution in [-0.4, -0.2) is 26.5 Å². The lowest BCUT2D eigenvalue weighted by Gasteiger charge is -2.22. The molecule has 0 bridgehead atoms. The monoisotopic (exact) mass is 469 g/mol. The van der Waals surface area contributed by atoms with Crippen LogP contribution in [0.3, 0.4) is 0 Å². The maximum atomic E-state index is 13.7. The summed E-state index contributed by atoms with van der Waals surface area (Å²) in [6.07, 6.45) is 3.05. The van der Waals surface area contributed by atoms with E-state index in [0.717, 1.165) is 0 Å². The second-order valence-electron chi connectivity index (χ2n) is 9.39. The molecule has 4 aromatic rings. The highest BCUT2D eigenvalue weighted by atomic mass is 19.1. The van der Waals surface area contributed by atoms with Crippen LogP contribution in [0.2, 0.25) is 0 Å². The Labute approximate surface area is 204 Å². The average molecular weight is 470 g/mol. The lowest BCUT2D eigenvalue weighted by Crippen LogP contribution is -2.20. The zero-order chi connectivity index (χ0) is 26.1. The molecule has 0 aliphatic heterocycles. The number of pyridine rings is 1. The van der Waals surface area contributed by atoms with Crippen molar-refractivity contribution in [3.05, 3.63) is 77.0 Å². The molecule has 2 aromatic carbocycles. The molecule has 8 nitrogen and oxygen atoms in total. The number of nitrogens with zero attached hydrogens (tertiary/aromatic N) is 6. The average Bonchev–Trinajstić information content (AvgIpc) is 3.28. The van der Waals surface area contributed by atoms with Crippen molar-refractivity contribution < 1.29 is 5.76 Å². The van der Waals surface area contributed by atoms with Gasteiger partial charge in [0.05, 0.1) is 35.9 Å². The van der Waals surface area contributed by atoms with E-state index >= 15 is 0 Å². The van der Waals surface area contributed by atoms with Gasteiger partial charge >= 0.3 is 0 Å². The number of aryl methyl sites for hydroxylation is 1. The maximum absolute atomic E-state index is 13.7. The van der Waals surface area contributed by atoms with Gasteiger partial charge in [-0.15, -0.1) is 5.10 Å². The second kappa shape index (κ2) is 9.40. The van der Waals surface area contributed by atoms with Crippen LogP contribution in [0, 0.1) is 33.9 Å². The fraction of sp³-hybridized carbons (Fsp3) is 0.269. The van der Waals surface area contributed by atoms with Crippen molar-refractivity contribution in [3.63, 3.8) is 0 Å². The number of fused-ring (bicyclic) bond motifs is 1. The minimum Gasteiger partial charge on any atom is -0.383 e. The van der Waals surface area contributed by atoms with Gasteiger partial charge in [0, 0.05) is 30.9 Å². The predicted molar refractivity (Wildman–Crippen MR) is 132 cm³/mol.